The molecule has 25 heavy (non-hydrogen) atoms. The van der Waals surface area contributed by atoms with Crippen molar-refractivity contribution in [2.24, 2.45) is 5.92 Å². The van der Waals surface area contributed by atoms with E-state index in [0.29, 0.717) is 43.0 Å². The van der Waals surface area contributed by atoms with Gasteiger partial charge in [-0.15, -0.1) is 0 Å². The quantitative estimate of drug-likeness (QED) is 0.761. The monoisotopic (exact) mass is 352 g/mol. The van der Waals surface area contributed by atoms with Crippen molar-refractivity contribution in [2.75, 3.05) is 31.7 Å². The van der Waals surface area contributed by atoms with Crippen LogP contribution < -0.4 is 9.64 Å². The summed E-state index contributed by atoms with van der Waals surface area (Å²) in [5.41, 5.74) is 0.440. The number of aromatic nitrogens is 2. The Morgan fingerprint density at radius 1 is 1.32 bits per heavy atom. The van der Waals surface area contributed by atoms with Gasteiger partial charge in [0.05, 0.1) is 6.61 Å². The first kappa shape index (κ1) is 18.0. The SMILES string of the molecule is CCn1c(OCC2CCCC2)nc2c1C(=O)N(CCCO)C(O)N2C. The average molecular weight is 352 g/mol. The largest absolute Gasteiger partial charge is 0.464 e. The van der Waals surface area contributed by atoms with E-state index in [-0.39, 0.29) is 19.1 Å². The lowest BCUT2D eigenvalue weighted by atomic mass is 10.1. The number of anilines is 1. The number of rotatable bonds is 7. The van der Waals surface area contributed by atoms with Crippen molar-refractivity contribution in [2.45, 2.75) is 51.9 Å². The van der Waals surface area contributed by atoms with Crippen LogP contribution >= 0.6 is 0 Å². The summed E-state index contributed by atoms with van der Waals surface area (Å²) in [5, 5.41) is 19.5. The molecule has 140 valence electrons. The maximum Gasteiger partial charge on any atom is 0.298 e. The third kappa shape index (κ3) is 3.32. The molecule has 0 aromatic carbocycles. The van der Waals surface area contributed by atoms with Gasteiger partial charge < -0.3 is 19.8 Å². The lowest BCUT2D eigenvalue weighted by Gasteiger charge is -2.38. The van der Waals surface area contributed by atoms with Gasteiger partial charge in [-0.05, 0) is 32.1 Å². The molecule has 1 amide bonds. The van der Waals surface area contributed by atoms with E-state index in [9.17, 15) is 9.90 Å². The summed E-state index contributed by atoms with van der Waals surface area (Å²) in [6.07, 6.45) is 4.18. The van der Waals surface area contributed by atoms with Crippen molar-refractivity contribution >= 4 is 11.7 Å². The van der Waals surface area contributed by atoms with E-state index in [2.05, 4.69) is 4.98 Å². The Morgan fingerprint density at radius 3 is 2.68 bits per heavy atom. The maximum absolute atomic E-state index is 12.9. The van der Waals surface area contributed by atoms with Gasteiger partial charge in [-0.1, -0.05) is 12.8 Å². The number of fused-ring (bicyclic) bond motifs is 1. The van der Waals surface area contributed by atoms with Crippen molar-refractivity contribution in [3.05, 3.63) is 5.69 Å². The number of aliphatic hydroxyl groups is 2. The molecule has 1 fully saturated rings. The third-order valence-electron chi connectivity index (χ3n) is 5.13. The molecule has 1 aromatic heterocycles. The molecule has 1 saturated carbocycles. The predicted molar refractivity (Wildman–Crippen MR) is 92.5 cm³/mol. The molecule has 0 spiro atoms. The van der Waals surface area contributed by atoms with Crippen LogP contribution in [0.5, 0.6) is 6.01 Å². The van der Waals surface area contributed by atoms with E-state index >= 15 is 0 Å². The van der Waals surface area contributed by atoms with Crippen LogP contribution in [0.4, 0.5) is 5.82 Å². The lowest BCUT2D eigenvalue weighted by Crippen LogP contribution is -2.54. The smallest absolute Gasteiger partial charge is 0.298 e. The zero-order valence-electron chi connectivity index (χ0n) is 15.0. The normalized spacial score (nSPS) is 21.1. The van der Waals surface area contributed by atoms with Gasteiger partial charge in [-0.25, -0.2) is 0 Å². The Kier molecular flexibility index (Phi) is 5.48. The number of aliphatic hydroxyl groups excluding tert-OH is 2. The van der Waals surface area contributed by atoms with Crippen LogP contribution in [-0.2, 0) is 6.54 Å². The number of carbonyl (C=O) groups is 1. The fourth-order valence-electron chi connectivity index (χ4n) is 3.67. The first-order valence-corrected chi connectivity index (χ1v) is 9.14. The summed E-state index contributed by atoms with van der Waals surface area (Å²) >= 11 is 0. The molecule has 1 atom stereocenters. The van der Waals surface area contributed by atoms with Crippen LogP contribution in [-0.4, -0.2) is 63.7 Å². The Morgan fingerprint density at radius 2 is 2.04 bits per heavy atom. The van der Waals surface area contributed by atoms with Crippen molar-refractivity contribution in [1.82, 2.24) is 14.5 Å². The molecule has 8 nitrogen and oxygen atoms in total. The fraction of sp³-hybridized carbons (Fsp3) is 0.765. The minimum atomic E-state index is -1.09. The van der Waals surface area contributed by atoms with Gasteiger partial charge in [-0.3, -0.25) is 14.3 Å². The summed E-state index contributed by atoms with van der Waals surface area (Å²) in [6, 6.07) is 0.441. The first-order valence-electron chi connectivity index (χ1n) is 9.14. The third-order valence-corrected chi connectivity index (χ3v) is 5.13. The van der Waals surface area contributed by atoms with Crippen molar-refractivity contribution < 1.29 is 19.7 Å². The standard InChI is InChI=1S/C17H28N4O4/c1-3-20-13-14(18-16(20)25-11-12-7-4-5-8-12)19(2)17(24)21(15(13)23)9-6-10-22/h12,17,22,24H,3-11H2,1-2H3. The van der Waals surface area contributed by atoms with E-state index in [4.69, 9.17) is 9.84 Å². The lowest BCUT2D eigenvalue weighted by molar-refractivity contribution is 0.00109. The molecule has 0 saturated heterocycles. The molecule has 1 unspecified atom stereocenters. The summed E-state index contributed by atoms with van der Waals surface area (Å²) in [6.45, 7) is 3.38. The molecule has 0 bridgehead atoms. The van der Waals surface area contributed by atoms with E-state index in [1.165, 1.54) is 30.6 Å². The number of amides is 1. The molecule has 1 aromatic rings. The van der Waals surface area contributed by atoms with Gasteiger partial charge in [-0.2, -0.15) is 4.98 Å². The second-order valence-electron chi connectivity index (χ2n) is 6.81. The summed E-state index contributed by atoms with van der Waals surface area (Å²) in [5.74, 6) is 0.722. The van der Waals surface area contributed by atoms with E-state index in [1.54, 1.807) is 16.5 Å². The van der Waals surface area contributed by atoms with Crippen LogP contribution in [0.2, 0.25) is 0 Å². The zero-order chi connectivity index (χ0) is 18.0. The van der Waals surface area contributed by atoms with E-state index in [1.807, 2.05) is 6.92 Å². The van der Waals surface area contributed by atoms with Crippen LogP contribution in [0, 0.1) is 5.92 Å². The Hall–Kier alpha value is -1.80. The van der Waals surface area contributed by atoms with Crippen LogP contribution in [0.15, 0.2) is 0 Å². The molecule has 3 rings (SSSR count). The second-order valence-corrected chi connectivity index (χ2v) is 6.81. The number of imidazole rings is 1. The highest BCUT2D eigenvalue weighted by atomic mass is 16.5. The zero-order valence-corrected chi connectivity index (χ0v) is 15.0. The number of carbonyl (C=O) groups excluding carboxylic acids is 1. The van der Waals surface area contributed by atoms with Crippen LogP contribution in [0.25, 0.3) is 0 Å². The number of nitrogens with zero attached hydrogens (tertiary/aromatic N) is 4. The van der Waals surface area contributed by atoms with Gasteiger partial charge in [0.2, 0.25) is 6.35 Å². The van der Waals surface area contributed by atoms with Crippen molar-refractivity contribution in [3.63, 3.8) is 0 Å². The molecular formula is C17H28N4O4. The maximum atomic E-state index is 12.9. The summed E-state index contributed by atoms with van der Waals surface area (Å²) < 4.78 is 7.72. The molecule has 0 radical (unpaired) electrons. The number of ether oxygens (including phenoxy) is 1. The highest BCUT2D eigenvalue weighted by Gasteiger charge is 2.39. The predicted octanol–water partition coefficient (Wildman–Crippen LogP) is 1.02. The van der Waals surface area contributed by atoms with Gasteiger partial charge in [0.15, 0.2) is 11.5 Å². The van der Waals surface area contributed by atoms with Gasteiger partial charge in [0.25, 0.3) is 11.9 Å². The first-order chi connectivity index (χ1) is 12.1. The Balaban J connectivity index is 1.86. The molecule has 2 aliphatic rings. The molecule has 1 aliphatic carbocycles. The molecule has 8 heteroatoms. The minimum Gasteiger partial charge on any atom is -0.464 e. The van der Waals surface area contributed by atoms with E-state index in [0.717, 1.165) is 0 Å². The Labute approximate surface area is 148 Å². The number of hydrogen-bond donors (Lipinski definition) is 2. The van der Waals surface area contributed by atoms with Gasteiger partial charge >= 0.3 is 0 Å². The molecule has 2 N–H and O–H groups in total. The highest BCUT2D eigenvalue weighted by Crippen LogP contribution is 2.33. The number of hydrogen-bond acceptors (Lipinski definition) is 6. The topological polar surface area (TPSA) is 91.1 Å². The molecule has 2 heterocycles. The molecule has 1 aliphatic heterocycles. The minimum absolute atomic E-state index is 0.0319. The summed E-state index contributed by atoms with van der Waals surface area (Å²) in [4.78, 5) is 20.3. The van der Waals surface area contributed by atoms with Crippen LogP contribution in [0.3, 0.4) is 0 Å². The van der Waals surface area contributed by atoms with E-state index < -0.39 is 6.35 Å². The fourth-order valence-corrected chi connectivity index (χ4v) is 3.67. The molecular weight excluding hydrogens is 324 g/mol. The van der Waals surface area contributed by atoms with Crippen molar-refractivity contribution in [1.29, 1.82) is 0 Å². The average Bonchev–Trinajstić information content (AvgIpc) is 3.25. The van der Waals surface area contributed by atoms with Crippen molar-refractivity contribution in [3.8, 4) is 6.01 Å². The van der Waals surface area contributed by atoms with Crippen LogP contribution in [0.1, 0.15) is 49.5 Å². The Bertz CT molecular complexity index is 612. The second kappa shape index (κ2) is 7.61. The highest BCUT2D eigenvalue weighted by molar-refractivity contribution is 5.99. The van der Waals surface area contributed by atoms with Gasteiger partial charge in [0.1, 0.15) is 0 Å². The summed E-state index contributed by atoms with van der Waals surface area (Å²) in [7, 11) is 1.70. The van der Waals surface area contributed by atoms with Gasteiger partial charge in [0, 0.05) is 26.7 Å².